The minimum absolute atomic E-state index is 0.0972. The van der Waals surface area contributed by atoms with Crippen LogP contribution >= 0.6 is 0 Å². The Kier molecular flexibility index (Phi) is 3.38. The van der Waals surface area contributed by atoms with Crippen molar-refractivity contribution in [1.82, 2.24) is 19.7 Å². The van der Waals surface area contributed by atoms with Gasteiger partial charge in [0.05, 0.1) is 6.04 Å². The van der Waals surface area contributed by atoms with Crippen LogP contribution in [0.1, 0.15) is 18.7 Å². The van der Waals surface area contributed by atoms with Crippen LogP contribution in [0.5, 0.6) is 0 Å². The number of aromatic nitrogens is 4. The van der Waals surface area contributed by atoms with Crippen molar-refractivity contribution in [3.05, 3.63) is 60.9 Å². The topological polar surface area (TPSA) is 94.8 Å². The first kappa shape index (κ1) is 14.3. The predicted octanol–water partition coefficient (Wildman–Crippen LogP) is 3.16. The summed E-state index contributed by atoms with van der Waals surface area (Å²) in [5, 5.41) is 8.50. The summed E-state index contributed by atoms with van der Waals surface area (Å²) in [6, 6.07) is 11.6. The summed E-state index contributed by atoms with van der Waals surface area (Å²) in [6.07, 6.45) is 4.91. The molecule has 120 valence electrons. The maximum atomic E-state index is 6.20. The lowest BCUT2D eigenvalue weighted by atomic mass is 10.2. The molecule has 0 aliphatic heterocycles. The van der Waals surface area contributed by atoms with Gasteiger partial charge in [-0.3, -0.25) is 0 Å². The zero-order valence-corrected chi connectivity index (χ0v) is 13.0. The first-order chi connectivity index (χ1) is 11.7. The highest BCUT2D eigenvalue weighted by Gasteiger charge is 2.16. The molecule has 0 saturated heterocycles. The number of hydrogen-bond donors (Lipinski definition) is 2. The van der Waals surface area contributed by atoms with Gasteiger partial charge in [0, 0.05) is 17.8 Å². The summed E-state index contributed by atoms with van der Waals surface area (Å²) in [5.74, 6) is 1.90. The molecule has 4 aromatic rings. The standard InChI is InChI=1S/C17H16N6O/c1-11(14-9-12-5-2-3-6-13(12)24-14)22-16-15(18)17(20-10-19-16)23-8-4-7-21-23/h2-11H,18H2,1H3,(H,19,20,22)/t11-/m1/s1. The number of para-hydroxylation sites is 1. The minimum Gasteiger partial charge on any atom is -0.459 e. The van der Waals surface area contributed by atoms with Crippen LogP contribution in [0, 0.1) is 0 Å². The van der Waals surface area contributed by atoms with Crippen molar-refractivity contribution in [3.8, 4) is 5.82 Å². The quantitative estimate of drug-likeness (QED) is 0.600. The molecular weight excluding hydrogens is 304 g/mol. The number of nitrogens with one attached hydrogen (secondary N) is 1. The van der Waals surface area contributed by atoms with Gasteiger partial charge in [-0.1, -0.05) is 18.2 Å². The van der Waals surface area contributed by atoms with Crippen molar-refractivity contribution in [3.63, 3.8) is 0 Å². The molecule has 0 aliphatic rings. The molecule has 0 fully saturated rings. The predicted molar refractivity (Wildman–Crippen MR) is 91.8 cm³/mol. The van der Waals surface area contributed by atoms with Crippen LogP contribution in [0.2, 0.25) is 0 Å². The fourth-order valence-electron chi connectivity index (χ4n) is 2.57. The van der Waals surface area contributed by atoms with Crippen LogP contribution in [0.3, 0.4) is 0 Å². The number of nitrogens with two attached hydrogens (primary N) is 1. The van der Waals surface area contributed by atoms with Crippen molar-refractivity contribution in [2.24, 2.45) is 0 Å². The van der Waals surface area contributed by atoms with Crippen molar-refractivity contribution in [2.45, 2.75) is 13.0 Å². The average molecular weight is 320 g/mol. The van der Waals surface area contributed by atoms with Gasteiger partial charge in [0.2, 0.25) is 0 Å². The Morgan fingerprint density at radius 3 is 2.88 bits per heavy atom. The summed E-state index contributed by atoms with van der Waals surface area (Å²) in [7, 11) is 0. The molecular formula is C17H16N6O. The number of benzene rings is 1. The molecule has 7 heteroatoms. The van der Waals surface area contributed by atoms with E-state index in [0.717, 1.165) is 16.7 Å². The zero-order valence-electron chi connectivity index (χ0n) is 13.0. The van der Waals surface area contributed by atoms with Gasteiger partial charge in [-0.15, -0.1) is 0 Å². The first-order valence-corrected chi connectivity index (χ1v) is 7.58. The molecule has 7 nitrogen and oxygen atoms in total. The molecule has 0 spiro atoms. The second kappa shape index (κ2) is 5.69. The van der Waals surface area contributed by atoms with E-state index < -0.39 is 0 Å². The zero-order chi connectivity index (χ0) is 16.5. The highest BCUT2D eigenvalue weighted by atomic mass is 16.3. The molecule has 4 rings (SSSR count). The minimum atomic E-state index is -0.0972. The Hall–Kier alpha value is -3.35. The second-order valence-electron chi connectivity index (χ2n) is 5.46. The molecule has 0 bridgehead atoms. The monoisotopic (exact) mass is 320 g/mol. The summed E-state index contributed by atoms with van der Waals surface area (Å²) in [5.41, 5.74) is 7.49. The SMILES string of the molecule is C[C@@H](Nc1ncnc(-n2cccn2)c1N)c1cc2ccccc2o1. The van der Waals surface area contributed by atoms with Gasteiger partial charge >= 0.3 is 0 Å². The third-order valence-corrected chi connectivity index (χ3v) is 3.81. The van der Waals surface area contributed by atoms with E-state index >= 15 is 0 Å². The van der Waals surface area contributed by atoms with Crippen molar-refractivity contribution < 1.29 is 4.42 Å². The Balaban J connectivity index is 1.64. The lowest BCUT2D eigenvalue weighted by Gasteiger charge is -2.15. The lowest BCUT2D eigenvalue weighted by molar-refractivity contribution is 0.525. The number of rotatable bonds is 4. The van der Waals surface area contributed by atoms with Crippen molar-refractivity contribution >= 4 is 22.5 Å². The van der Waals surface area contributed by atoms with E-state index in [9.17, 15) is 0 Å². The van der Waals surface area contributed by atoms with Crippen LogP contribution in [-0.4, -0.2) is 19.7 Å². The second-order valence-corrected chi connectivity index (χ2v) is 5.46. The van der Waals surface area contributed by atoms with Crippen LogP contribution < -0.4 is 11.1 Å². The van der Waals surface area contributed by atoms with E-state index in [1.165, 1.54) is 6.33 Å². The largest absolute Gasteiger partial charge is 0.459 e. The fraction of sp³-hybridized carbons (Fsp3) is 0.118. The van der Waals surface area contributed by atoms with Gasteiger partial charge < -0.3 is 15.5 Å². The Morgan fingerprint density at radius 2 is 2.08 bits per heavy atom. The van der Waals surface area contributed by atoms with Crippen molar-refractivity contribution in [2.75, 3.05) is 11.1 Å². The number of nitrogens with zero attached hydrogens (tertiary/aromatic N) is 4. The van der Waals surface area contributed by atoms with Gasteiger partial charge in [0.1, 0.15) is 23.4 Å². The average Bonchev–Trinajstić information content (AvgIpc) is 3.26. The van der Waals surface area contributed by atoms with Gasteiger partial charge in [0.15, 0.2) is 11.6 Å². The van der Waals surface area contributed by atoms with Crippen LogP contribution in [0.15, 0.2) is 59.5 Å². The Labute approximate surface area is 138 Å². The van der Waals surface area contributed by atoms with E-state index in [1.807, 2.05) is 43.3 Å². The molecule has 3 heterocycles. The van der Waals surface area contributed by atoms with Crippen LogP contribution in [0.4, 0.5) is 11.5 Å². The van der Waals surface area contributed by atoms with Gasteiger partial charge in [-0.05, 0) is 25.1 Å². The molecule has 3 N–H and O–H groups in total. The highest BCUT2D eigenvalue weighted by molar-refractivity contribution is 5.78. The third-order valence-electron chi connectivity index (χ3n) is 3.81. The first-order valence-electron chi connectivity index (χ1n) is 7.58. The van der Waals surface area contributed by atoms with E-state index in [1.54, 1.807) is 17.1 Å². The molecule has 1 aromatic carbocycles. The third kappa shape index (κ3) is 2.45. The number of fused-ring (bicyclic) bond motifs is 1. The molecule has 0 amide bonds. The van der Waals surface area contributed by atoms with Crippen LogP contribution in [-0.2, 0) is 0 Å². The van der Waals surface area contributed by atoms with E-state index in [4.69, 9.17) is 10.2 Å². The summed E-state index contributed by atoms with van der Waals surface area (Å²) in [4.78, 5) is 8.44. The van der Waals surface area contributed by atoms with E-state index in [2.05, 4.69) is 20.4 Å². The maximum absolute atomic E-state index is 6.20. The van der Waals surface area contributed by atoms with Gasteiger partial charge in [-0.25, -0.2) is 14.6 Å². The molecule has 0 unspecified atom stereocenters. The molecule has 3 aromatic heterocycles. The fourth-order valence-corrected chi connectivity index (χ4v) is 2.57. The smallest absolute Gasteiger partial charge is 0.181 e. The maximum Gasteiger partial charge on any atom is 0.181 e. The van der Waals surface area contributed by atoms with Crippen LogP contribution in [0.25, 0.3) is 16.8 Å². The Bertz CT molecular complexity index is 943. The number of furan rings is 1. The molecule has 24 heavy (non-hydrogen) atoms. The van der Waals surface area contributed by atoms with Gasteiger partial charge in [-0.2, -0.15) is 5.10 Å². The van der Waals surface area contributed by atoms with Gasteiger partial charge in [0.25, 0.3) is 0 Å². The Morgan fingerprint density at radius 1 is 1.21 bits per heavy atom. The molecule has 1 atom stereocenters. The number of nitrogen functional groups attached to an aromatic ring is 1. The summed E-state index contributed by atoms with van der Waals surface area (Å²) in [6.45, 7) is 1.99. The summed E-state index contributed by atoms with van der Waals surface area (Å²) < 4.78 is 7.49. The molecule has 0 saturated carbocycles. The van der Waals surface area contributed by atoms with Crippen molar-refractivity contribution in [1.29, 1.82) is 0 Å². The lowest BCUT2D eigenvalue weighted by Crippen LogP contribution is -2.12. The van der Waals surface area contributed by atoms with E-state index in [-0.39, 0.29) is 6.04 Å². The number of anilines is 2. The molecule has 0 radical (unpaired) electrons. The summed E-state index contributed by atoms with van der Waals surface area (Å²) >= 11 is 0. The normalized spacial score (nSPS) is 12.4. The number of hydrogen-bond acceptors (Lipinski definition) is 6. The molecule has 0 aliphatic carbocycles. The van der Waals surface area contributed by atoms with E-state index in [0.29, 0.717) is 17.3 Å². The highest BCUT2D eigenvalue weighted by Crippen LogP contribution is 2.28.